The lowest BCUT2D eigenvalue weighted by Gasteiger charge is -2.14. The van der Waals surface area contributed by atoms with Gasteiger partial charge in [0.15, 0.2) is 0 Å². The topological polar surface area (TPSA) is 12.4 Å². The number of allylic oxidation sites excluding steroid dienone is 3. The number of hydrogen-bond donors (Lipinski definition) is 0. The second-order valence-corrected chi connectivity index (χ2v) is 4.74. The van der Waals surface area contributed by atoms with E-state index in [2.05, 4.69) is 39.3 Å². The SMILES string of the molecule is C=C/C(CC)=C(C)\N=C/CC(C)(C)C. The summed E-state index contributed by atoms with van der Waals surface area (Å²) in [7, 11) is 0. The Labute approximate surface area is 88.6 Å². The van der Waals surface area contributed by atoms with Crippen molar-refractivity contribution in [3.63, 3.8) is 0 Å². The summed E-state index contributed by atoms with van der Waals surface area (Å²) in [5.41, 5.74) is 2.64. The van der Waals surface area contributed by atoms with Gasteiger partial charge in [0.2, 0.25) is 0 Å². The Morgan fingerprint density at radius 3 is 2.29 bits per heavy atom. The van der Waals surface area contributed by atoms with Gasteiger partial charge in [-0.25, -0.2) is 0 Å². The van der Waals surface area contributed by atoms with Crippen LogP contribution >= 0.6 is 0 Å². The van der Waals surface area contributed by atoms with Crippen LogP contribution < -0.4 is 0 Å². The Morgan fingerprint density at radius 2 is 1.93 bits per heavy atom. The highest BCUT2D eigenvalue weighted by atomic mass is 14.7. The van der Waals surface area contributed by atoms with Gasteiger partial charge < -0.3 is 0 Å². The van der Waals surface area contributed by atoms with Gasteiger partial charge in [-0.05, 0) is 30.8 Å². The van der Waals surface area contributed by atoms with Crippen LogP contribution in [0.3, 0.4) is 0 Å². The molecule has 0 radical (unpaired) electrons. The van der Waals surface area contributed by atoms with Crippen LogP contribution in [0.5, 0.6) is 0 Å². The molecule has 1 heteroatoms. The van der Waals surface area contributed by atoms with Gasteiger partial charge in [-0.3, -0.25) is 4.99 Å². The molecule has 0 aromatic rings. The highest BCUT2D eigenvalue weighted by Gasteiger charge is 2.06. The molecule has 0 aliphatic heterocycles. The lowest BCUT2D eigenvalue weighted by Crippen LogP contribution is -2.04. The van der Waals surface area contributed by atoms with Crippen molar-refractivity contribution in [1.29, 1.82) is 0 Å². The van der Waals surface area contributed by atoms with Gasteiger partial charge in [0.05, 0.1) is 0 Å². The van der Waals surface area contributed by atoms with Crippen molar-refractivity contribution in [2.75, 3.05) is 0 Å². The smallest absolute Gasteiger partial charge is 0.0400 e. The van der Waals surface area contributed by atoms with Crippen LogP contribution in [0.15, 0.2) is 28.9 Å². The Bertz CT molecular complexity index is 238. The van der Waals surface area contributed by atoms with E-state index >= 15 is 0 Å². The third-order valence-electron chi connectivity index (χ3n) is 2.08. The minimum absolute atomic E-state index is 0.324. The quantitative estimate of drug-likeness (QED) is 0.464. The second-order valence-electron chi connectivity index (χ2n) is 4.74. The first-order valence-corrected chi connectivity index (χ1v) is 5.25. The minimum atomic E-state index is 0.324. The number of hydrogen-bond acceptors (Lipinski definition) is 1. The van der Waals surface area contributed by atoms with Crippen LogP contribution in [0, 0.1) is 5.41 Å². The maximum absolute atomic E-state index is 4.43. The highest BCUT2D eigenvalue weighted by molar-refractivity contribution is 5.60. The van der Waals surface area contributed by atoms with Gasteiger partial charge in [-0.1, -0.05) is 40.3 Å². The van der Waals surface area contributed by atoms with Gasteiger partial charge in [0, 0.05) is 11.9 Å². The molecule has 1 nitrogen and oxygen atoms in total. The number of nitrogens with zero attached hydrogens (tertiary/aromatic N) is 1. The van der Waals surface area contributed by atoms with Crippen molar-refractivity contribution in [3.8, 4) is 0 Å². The van der Waals surface area contributed by atoms with Crippen molar-refractivity contribution in [1.82, 2.24) is 0 Å². The molecule has 0 saturated heterocycles. The van der Waals surface area contributed by atoms with Crippen molar-refractivity contribution in [2.45, 2.75) is 47.5 Å². The van der Waals surface area contributed by atoms with Crippen molar-refractivity contribution < 1.29 is 0 Å². The largest absolute Gasteiger partial charge is 0.266 e. The zero-order valence-electron chi connectivity index (χ0n) is 10.2. The summed E-state index contributed by atoms with van der Waals surface area (Å²) in [4.78, 5) is 4.43. The van der Waals surface area contributed by atoms with Crippen LogP contribution in [0.2, 0.25) is 0 Å². The summed E-state index contributed by atoms with van der Waals surface area (Å²) in [5.74, 6) is 0. The van der Waals surface area contributed by atoms with E-state index in [9.17, 15) is 0 Å². The van der Waals surface area contributed by atoms with Gasteiger partial charge in [0.1, 0.15) is 0 Å². The third-order valence-corrected chi connectivity index (χ3v) is 2.08. The van der Waals surface area contributed by atoms with Gasteiger partial charge in [0.25, 0.3) is 0 Å². The molecular weight excluding hydrogens is 170 g/mol. The molecular formula is C13H23N. The summed E-state index contributed by atoms with van der Waals surface area (Å²) >= 11 is 0. The second kappa shape index (κ2) is 5.79. The number of aliphatic imine (C=N–C) groups is 1. The summed E-state index contributed by atoms with van der Waals surface area (Å²) in [5, 5.41) is 0. The molecule has 0 spiro atoms. The molecule has 0 heterocycles. The molecule has 0 aliphatic carbocycles. The van der Waals surface area contributed by atoms with Crippen LogP contribution in [0.4, 0.5) is 0 Å². The fourth-order valence-corrected chi connectivity index (χ4v) is 1.09. The fourth-order valence-electron chi connectivity index (χ4n) is 1.09. The van der Waals surface area contributed by atoms with Crippen molar-refractivity contribution >= 4 is 6.21 Å². The highest BCUT2D eigenvalue weighted by Crippen LogP contribution is 2.17. The zero-order valence-corrected chi connectivity index (χ0v) is 10.2. The first kappa shape index (κ1) is 13.2. The molecule has 14 heavy (non-hydrogen) atoms. The van der Waals surface area contributed by atoms with E-state index in [1.165, 1.54) is 5.57 Å². The number of rotatable bonds is 4. The van der Waals surface area contributed by atoms with Crippen LogP contribution in [0.1, 0.15) is 47.5 Å². The molecule has 0 unspecified atom stereocenters. The normalized spacial score (nSPS) is 14.4. The van der Waals surface area contributed by atoms with Crippen LogP contribution in [0.25, 0.3) is 0 Å². The van der Waals surface area contributed by atoms with E-state index < -0.39 is 0 Å². The molecule has 0 amide bonds. The molecule has 0 N–H and O–H groups in total. The van der Waals surface area contributed by atoms with E-state index in [-0.39, 0.29) is 0 Å². The average Bonchev–Trinajstić information content (AvgIpc) is 2.04. The van der Waals surface area contributed by atoms with Crippen LogP contribution in [-0.4, -0.2) is 6.21 Å². The van der Waals surface area contributed by atoms with Crippen molar-refractivity contribution in [2.24, 2.45) is 10.4 Å². The minimum Gasteiger partial charge on any atom is -0.266 e. The lowest BCUT2D eigenvalue weighted by molar-refractivity contribution is 0.437. The molecule has 0 atom stereocenters. The van der Waals surface area contributed by atoms with E-state index in [0.717, 1.165) is 18.5 Å². The molecule has 0 rings (SSSR count). The van der Waals surface area contributed by atoms with E-state index in [0.29, 0.717) is 5.41 Å². The first-order valence-electron chi connectivity index (χ1n) is 5.25. The molecule has 0 fully saturated rings. The summed E-state index contributed by atoms with van der Waals surface area (Å²) < 4.78 is 0. The van der Waals surface area contributed by atoms with E-state index in [4.69, 9.17) is 0 Å². The Morgan fingerprint density at radius 1 is 1.36 bits per heavy atom. The monoisotopic (exact) mass is 193 g/mol. The molecule has 0 saturated carbocycles. The van der Waals surface area contributed by atoms with Crippen LogP contribution in [-0.2, 0) is 0 Å². The maximum atomic E-state index is 4.43. The fraction of sp³-hybridized carbons (Fsp3) is 0.615. The molecule has 0 aromatic heterocycles. The Kier molecular flexibility index (Phi) is 5.44. The predicted octanol–water partition coefficient (Wildman–Crippen LogP) is 4.36. The standard InChI is InChI=1S/C13H23N/c1-7-12(8-2)11(3)14-10-9-13(4,5)6/h7,10H,1,8-9H2,2-6H3/b12-11+,14-10-. The maximum Gasteiger partial charge on any atom is 0.0400 e. The van der Waals surface area contributed by atoms with Gasteiger partial charge in [-0.2, -0.15) is 0 Å². The van der Waals surface area contributed by atoms with Gasteiger partial charge >= 0.3 is 0 Å². The molecule has 0 bridgehead atoms. The summed E-state index contributed by atoms with van der Waals surface area (Å²) in [6.07, 6.45) is 5.92. The summed E-state index contributed by atoms with van der Waals surface area (Å²) in [6.45, 7) is 14.6. The predicted molar refractivity (Wildman–Crippen MR) is 65.8 cm³/mol. The van der Waals surface area contributed by atoms with E-state index in [1.54, 1.807) is 0 Å². The van der Waals surface area contributed by atoms with Crippen molar-refractivity contribution in [3.05, 3.63) is 23.9 Å². The lowest BCUT2D eigenvalue weighted by atomic mass is 9.93. The Hall–Kier alpha value is -0.850. The molecule has 0 aromatic carbocycles. The Balaban J connectivity index is 4.37. The average molecular weight is 193 g/mol. The van der Waals surface area contributed by atoms with E-state index in [1.807, 2.05) is 19.2 Å². The van der Waals surface area contributed by atoms with Gasteiger partial charge in [-0.15, -0.1) is 0 Å². The first-order chi connectivity index (χ1) is 6.40. The molecule has 0 aliphatic rings. The summed E-state index contributed by atoms with van der Waals surface area (Å²) in [6, 6.07) is 0. The zero-order chi connectivity index (χ0) is 11.2. The third kappa shape index (κ3) is 5.74. The molecule has 80 valence electrons.